The largest absolute Gasteiger partial charge is 0.308 e. The minimum Gasteiger partial charge on any atom is -0.308 e. The van der Waals surface area contributed by atoms with Gasteiger partial charge in [0.15, 0.2) is 0 Å². The maximum Gasteiger partial charge on any atom is 0.209 e. The molecule has 0 amide bonds. The highest BCUT2D eigenvalue weighted by Gasteiger charge is 2.33. The van der Waals surface area contributed by atoms with Gasteiger partial charge in [0.2, 0.25) is 5.16 Å². The average Bonchev–Trinajstić information content (AvgIpc) is 3.22. The van der Waals surface area contributed by atoms with Crippen LogP contribution in [0.25, 0.3) is 0 Å². The second-order valence-electron chi connectivity index (χ2n) is 6.77. The van der Waals surface area contributed by atoms with Crippen molar-refractivity contribution < 1.29 is 0 Å². The van der Waals surface area contributed by atoms with E-state index in [9.17, 15) is 0 Å². The fourth-order valence-electron chi connectivity index (χ4n) is 3.71. The Bertz CT molecular complexity index is 838. The van der Waals surface area contributed by atoms with E-state index in [-0.39, 0.29) is 18.1 Å². The molecule has 1 saturated heterocycles. The number of nitrogens with one attached hydrogen (secondary N) is 2. The fourth-order valence-corrected chi connectivity index (χ4v) is 4.20. The molecule has 6 nitrogen and oxygen atoms in total. The molecule has 1 fully saturated rings. The number of hydrogen-bond donors (Lipinski definition) is 2. The van der Waals surface area contributed by atoms with Crippen molar-refractivity contribution >= 4 is 11.8 Å². The van der Waals surface area contributed by atoms with Crippen LogP contribution in [0, 0.1) is 0 Å². The summed E-state index contributed by atoms with van der Waals surface area (Å²) < 4.78 is 1.95. The molecule has 0 radical (unpaired) electrons. The Balaban J connectivity index is 1.54. The number of rotatable bonds is 6. The van der Waals surface area contributed by atoms with E-state index in [2.05, 4.69) is 86.8 Å². The van der Waals surface area contributed by atoms with Gasteiger partial charge >= 0.3 is 0 Å². The van der Waals surface area contributed by atoms with Crippen LogP contribution in [-0.2, 0) is 6.54 Å². The predicted octanol–water partition coefficient (Wildman–Crippen LogP) is 2.83. The molecule has 0 saturated carbocycles. The van der Waals surface area contributed by atoms with Crippen molar-refractivity contribution in [2.75, 3.05) is 12.8 Å². The van der Waals surface area contributed by atoms with Gasteiger partial charge in [0, 0.05) is 25.2 Å². The molecule has 1 aliphatic heterocycles. The summed E-state index contributed by atoms with van der Waals surface area (Å²) >= 11 is 1.58. The lowest BCUT2D eigenvalue weighted by molar-refractivity contribution is 0.220. The zero-order valence-electron chi connectivity index (χ0n) is 15.3. The molecule has 1 aliphatic rings. The Morgan fingerprint density at radius 2 is 1.85 bits per heavy atom. The molecule has 1 unspecified atom stereocenters. The molecule has 0 spiro atoms. The maximum atomic E-state index is 4.23. The first-order valence-electron chi connectivity index (χ1n) is 9.22. The van der Waals surface area contributed by atoms with Gasteiger partial charge in [0.1, 0.15) is 0 Å². The molecule has 3 atom stereocenters. The smallest absolute Gasteiger partial charge is 0.209 e. The van der Waals surface area contributed by atoms with Crippen LogP contribution in [-0.4, -0.2) is 39.0 Å². The summed E-state index contributed by atoms with van der Waals surface area (Å²) in [5.74, 6) is 0. The highest BCUT2D eigenvalue weighted by atomic mass is 32.2. The van der Waals surface area contributed by atoms with Gasteiger partial charge < -0.3 is 10.6 Å². The number of benzene rings is 2. The van der Waals surface area contributed by atoms with Gasteiger partial charge in [0.25, 0.3) is 0 Å². The number of aromatic nitrogens is 4. The summed E-state index contributed by atoms with van der Waals surface area (Å²) in [7, 11) is 0. The first-order valence-corrected chi connectivity index (χ1v) is 10.4. The molecule has 1 aromatic heterocycles. The Morgan fingerprint density at radius 1 is 1.11 bits per heavy atom. The summed E-state index contributed by atoms with van der Waals surface area (Å²) in [6.45, 7) is 1.69. The SMILES string of the molecule is CSc1nnnn1C1CN[C@H](c2ccccc2)[C@H](NCc2ccccc2)C1. The molecule has 2 aromatic carbocycles. The summed E-state index contributed by atoms with van der Waals surface area (Å²) in [5, 5.41) is 20.6. The van der Waals surface area contributed by atoms with E-state index in [0.29, 0.717) is 0 Å². The van der Waals surface area contributed by atoms with Crippen molar-refractivity contribution in [3.63, 3.8) is 0 Å². The Morgan fingerprint density at radius 3 is 2.59 bits per heavy atom. The van der Waals surface area contributed by atoms with Crippen molar-refractivity contribution in [3.8, 4) is 0 Å². The lowest BCUT2D eigenvalue weighted by Crippen LogP contribution is -2.49. The van der Waals surface area contributed by atoms with Crippen molar-refractivity contribution in [1.82, 2.24) is 30.8 Å². The first kappa shape index (κ1) is 18.2. The standard InChI is InChI=1S/C20H24N6S/c1-27-20-23-24-25-26(20)17-12-18(21-13-15-8-4-2-5-9-15)19(22-14-17)16-10-6-3-7-11-16/h2-11,17-19,21-22H,12-14H2,1H3/t17?,18-,19-/m1/s1. The average molecular weight is 381 g/mol. The Hall–Kier alpha value is -2.22. The van der Waals surface area contributed by atoms with E-state index in [4.69, 9.17) is 0 Å². The minimum atomic E-state index is 0.232. The van der Waals surface area contributed by atoms with Crippen molar-refractivity contribution in [3.05, 3.63) is 71.8 Å². The molecule has 0 bridgehead atoms. The third-order valence-corrected chi connectivity index (χ3v) is 5.70. The van der Waals surface area contributed by atoms with Crippen LogP contribution in [0.5, 0.6) is 0 Å². The van der Waals surface area contributed by atoms with Crippen molar-refractivity contribution in [2.45, 2.75) is 36.2 Å². The zero-order chi connectivity index (χ0) is 18.5. The van der Waals surface area contributed by atoms with E-state index in [0.717, 1.165) is 24.7 Å². The summed E-state index contributed by atoms with van der Waals surface area (Å²) in [6.07, 6.45) is 2.98. The van der Waals surface area contributed by atoms with E-state index >= 15 is 0 Å². The van der Waals surface area contributed by atoms with Crippen LogP contribution < -0.4 is 10.6 Å². The topological polar surface area (TPSA) is 67.7 Å². The highest BCUT2D eigenvalue weighted by Crippen LogP contribution is 2.30. The third kappa shape index (κ3) is 4.21. The number of hydrogen-bond acceptors (Lipinski definition) is 6. The van der Waals surface area contributed by atoms with Gasteiger partial charge in [-0.05, 0) is 34.2 Å². The molecule has 3 aromatic rings. The van der Waals surface area contributed by atoms with Crippen LogP contribution in [0.4, 0.5) is 0 Å². The number of thioether (sulfide) groups is 1. The molecule has 140 valence electrons. The maximum absolute atomic E-state index is 4.23. The predicted molar refractivity (Wildman–Crippen MR) is 108 cm³/mol. The first-order chi connectivity index (χ1) is 13.3. The molecule has 4 rings (SSSR count). The van der Waals surface area contributed by atoms with Gasteiger partial charge in [-0.15, -0.1) is 5.10 Å². The lowest BCUT2D eigenvalue weighted by Gasteiger charge is -2.38. The summed E-state index contributed by atoms with van der Waals surface area (Å²) in [6, 6.07) is 22.0. The molecule has 27 heavy (non-hydrogen) atoms. The molecular formula is C20H24N6S. The summed E-state index contributed by atoms with van der Waals surface area (Å²) in [4.78, 5) is 0. The van der Waals surface area contributed by atoms with E-state index < -0.39 is 0 Å². The number of piperidine rings is 1. The Labute approximate surface area is 163 Å². The Kier molecular flexibility index (Phi) is 5.81. The van der Waals surface area contributed by atoms with Gasteiger partial charge in [-0.25, -0.2) is 4.68 Å². The normalized spacial score (nSPS) is 22.6. The quantitative estimate of drug-likeness (QED) is 0.641. The van der Waals surface area contributed by atoms with Crippen LogP contribution in [0.15, 0.2) is 65.8 Å². The second kappa shape index (κ2) is 8.65. The van der Waals surface area contributed by atoms with E-state index in [1.54, 1.807) is 11.8 Å². The van der Waals surface area contributed by atoms with Crippen LogP contribution in [0.1, 0.15) is 29.6 Å². The highest BCUT2D eigenvalue weighted by molar-refractivity contribution is 7.98. The van der Waals surface area contributed by atoms with Crippen molar-refractivity contribution in [1.29, 1.82) is 0 Å². The minimum absolute atomic E-state index is 0.232. The van der Waals surface area contributed by atoms with Crippen LogP contribution in [0.3, 0.4) is 0 Å². The molecule has 2 heterocycles. The monoisotopic (exact) mass is 380 g/mol. The van der Waals surface area contributed by atoms with Gasteiger partial charge in [0.05, 0.1) is 6.04 Å². The molecule has 2 N–H and O–H groups in total. The molecular weight excluding hydrogens is 356 g/mol. The summed E-state index contributed by atoms with van der Waals surface area (Å²) in [5.41, 5.74) is 2.60. The zero-order valence-corrected chi connectivity index (χ0v) is 16.1. The lowest BCUT2D eigenvalue weighted by atomic mass is 9.89. The molecule has 0 aliphatic carbocycles. The third-order valence-electron chi connectivity index (χ3n) is 5.06. The molecule has 7 heteroatoms. The second-order valence-corrected chi connectivity index (χ2v) is 7.54. The number of nitrogens with zero attached hydrogens (tertiary/aromatic N) is 4. The van der Waals surface area contributed by atoms with Gasteiger partial charge in [-0.3, -0.25) is 0 Å². The van der Waals surface area contributed by atoms with Gasteiger partial charge in [-0.2, -0.15) is 0 Å². The van der Waals surface area contributed by atoms with Crippen LogP contribution >= 0.6 is 11.8 Å². The number of tetrazole rings is 1. The van der Waals surface area contributed by atoms with E-state index in [1.807, 2.05) is 10.9 Å². The van der Waals surface area contributed by atoms with Crippen molar-refractivity contribution in [2.24, 2.45) is 0 Å². The van der Waals surface area contributed by atoms with Crippen LogP contribution in [0.2, 0.25) is 0 Å². The fraction of sp³-hybridized carbons (Fsp3) is 0.350. The van der Waals surface area contributed by atoms with E-state index in [1.165, 1.54) is 11.1 Å². The van der Waals surface area contributed by atoms with Gasteiger partial charge in [-0.1, -0.05) is 72.4 Å².